The number of aryl methyl sites for hydroxylation is 1. The molecule has 19 heavy (non-hydrogen) atoms. The van der Waals surface area contributed by atoms with E-state index in [0.717, 1.165) is 15.9 Å². The van der Waals surface area contributed by atoms with E-state index in [-0.39, 0.29) is 5.91 Å². The highest BCUT2D eigenvalue weighted by atomic mass is 79.9. The van der Waals surface area contributed by atoms with E-state index < -0.39 is 0 Å². The van der Waals surface area contributed by atoms with Crippen molar-refractivity contribution in [2.75, 3.05) is 5.32 Å². The van der Waals surface area contributed by atoms with E-state index in [0.29, 0.717) is 12.3 Å². The van der Waals surface area contributed by atoms with Gasteiger partial charge in [0.05, 0.1) is 11.9 Å². The van der Waals surface area contributed by atoms with Gasteiger partial charge in [-0.05, 0) is 53.2 Å². The molecule has 1 heterocycles. The molecule has 1 aromatic heterocycles. The lowest BCUT2D eigenvalue weighted by Crippen LogP contribution is -2.16. The van der Waals surface area contributed by atoms with Crippen molar-refractivity contribution in [3.63, 3.8) is 0 Å². The topological polar surface area (TPSA) is 42.0 Å². The fourth-order valence-corrected chi connectivity index (χ4v) is 2.89. The van der Waals surface area contributed by atoms with Gasteiger partial charge in [-0.3, -0.25) is 4.79 Å². The molecule has 1 aliphatic rings. The number of carbonyl (C=O) groups excluding carboxylic acids is 1. The highest BCUT2D eigenvalue weighted by Gasteiger charge is 2.16. The van der Waals surface area contributed by atoms with Crippen LogP contribution in [0.1, 0.15) is 50.5 Å². The summed E-state index contributed by atoms with van der Waals surface area (Å²) in [6.07, 6.45) is 9.95. The van der Waals surface area contributed by atoms with Crippen molar-refractivity contribution in [1.82, 2.24) is 4.98 Å². The van der Waals surface area contributed by atoms with E-state index in [1.807, 2.05) is 13.0 Å². The number of nitrogens with zero attached hydrogens (tertiary/aromatic N) is 1. The predicted molar refractivity (Wildman–Crippen MR) is 81.1 cm³/mol. The first-order chi connectivity index (χ1) is 9.15. The van der Waals surface area contributed by atoms with Crippen molar-refractivity contribution in [2.24, 2.45) is 5.92 Å². The van der Waals surface area contributed by atoms with Crippen LogP contribution in [0.2, 0.25) is 0 Å². The molecular weight excluding hydrogens is 304 g/mol. The summed E-state index contributed by atoms with van der Waals surface area (Å²) in [5.41, 5.74) is 1.83. The Kier molecular flexibility index (Phi) is 5.37. The molecule has 0 atom stereocenters. The van der Waals surface area contributed by atoms with Crippen molar-refractivity contribution in [2.45, 2.75) is 51.9 Å². The molecule has 1 N–H and O–H groups in total. The molecule has 0 bridgehead atoms. The van der Waals surface area contributed by atoms with Gasteiger partial charge < -0.3 is 5.32 Å². The number of carbonyl (C=O) groups is 1. The Bertz CT molecular complexity index is 440. The summed E-state index contributed by atoms with van der Waals surface area (Å²) in [6.45, 7) is 1.97. The van der Waals surface area contributed by atoms with Crippen molar-refractivity contribution in [3.8, 4) is 0 Å². The molecule has 1 fully saturated rings. The fraction of sp³-hybridized carbons (Fsp3) is 0.600. The third-order valence-corrected chi connectivity index (χ3v) is 4.58. The largest absolute Gasteiger partial charge is 0.325 e. The zero-order valence-electron chi connectivity index (χ0n) is 11.4. The summed E-state index contributed by atoms with van der Waals surface area (Å²) in [6, 6.07) is 1.95. The van der Waals surface area contributed by atoms with Crippen LogP contribution in [-0.4, -0.2) is 10.9 Å². The molecular formula is C15H21BrN2O. The summed E-state index contributed by atoms with van der Waals surface area (Å²) >= 11 is 3.36. The van der Waals surface area contributed by atoms with E-state index in [1.54, 1.807) is 6.20 Å². The summed E-state index contributed by atoms with van der Waals surface area (Å²) in [4.78, 5) is 16.2. The summed E-state index contributed by atoms with van der Waals surface area (Å²) < 4.78 is 0.828. The second kappa shape index (κ2) is 7.04. The first-order valence-corrected chi connectivity index (χ1v) is 7.86. The van der Waals surface area contributed by atoms with E-state index in [2.05, 4.69) is 26.2 Å². The Hall–Kier alpha value is -0.900. The second-order valence-corrected chi connectivity index (χ2v) is 6.19. The molecule has 0 radical (unpaired) electrons. The third kappa shape index (κ3) is 4.60. The standard InChI is InChI=1S/C15H21BrN2O/c1-11-8-13(10-17-15(11)16)18-14(19)9-12-6-4-2-3-5-7-12/h8,10,12H,2-7,9H2,1H3,(H,18,19). The van der Waals surface area contributed by atoms with Crippen molar-refractivity contribution >= 4 is 27.5 Å². The smallest absolute Gasteiger partial charge is 0.224 e. The van der Waals surface area contributed by atoms with Gasteiger partial charge in [-0.2, -0.15) is 0 Å². The maximum absolute atomic E-state index is 12.0. The van der Waals surface area contributed by atoms with Crippen LogP contribution in [-0.2, 0) is 4.79 Å². The first kappa shape index (κ1) is 14.5. The van der Waals surface area contributed by atoms with E-state index in [4.69, 9.17) is 0 Å². The number of rotatable bonds is 3. The average molecular weight is 325 g/mol. The van der Waals surface area contributed by atoms with Gasteiger partial charge in [0, 0.05) is 6.42 Å². The number of nitrogens with one attached hydrogen (secondary N) is 1. The first-order valence-electron chi connectivity index (χ1n) is 7.07. The molecule has 1 amide bonds. The lowest BCUT2D eigenvalue weighted by atomic mass is 9.96. The zero-order valence-corrected chi connectivity index (χ0v) is 13.0. The minimum Gasteiger partial charge on any atom is -0.325 e. The van der Waals surface area contributed by atoms with Crippen molar-refractivity contribution in [3.05, 3.63) is 22.4 Å². The molecule has 3 nitrogen and oxygen atoms in total. The van der Waals surface area contributed by atoms with Crippen LogP contribution in [0.4, 0.5) is 5.69 Å². The molecule has 2 rings (SSSR count). The highest BCUT2D eigenvalue weighted by Crippen LogP contribution is 2.26. The second-order valence-electron chi connectivity index (χ2n) is 5.44. The number of hydrogen-bond donors (Lipinski definition) is 1. The summed E-state index contributed by atoms with van der Waals surface area (Å²) in [5.74, 6) is 0.683. The number of pyridine rings is 1. The van der Waals surface area contributed by atoms with Gasteiger partial charge in [-0.25, -0.2) is 4.98 Å². The van der Waals surface area contributed by atoms with Crippen molar-refractivity contribution in [1.29, 1.82) is 0 Å². The minimum atomic E-state index is 0.121. The van der Waals surface area contributed by atoms with E-state index >= 15 is 0 Å². The molecule has 0 aliphatic heterocycles. The van der Waals surface area contributed by atoms with Crippen LogP contribution >= 0.6 is 15.9 Å². The molecule has 4 heteroatoms. The van der Waals surface area contributed by atoms with Gasteiger partial charge in [-0.15, -0.1) is 0 Å². The predicted octanol–water partition coefficient (Wildman–Crippen LogP) is 4.45. The van der Waals surface area contributed by atoms with Gasteiger partial charge in [0.15, 0.2) is 0 Å². The normalized spacial score (nSPS) is 16.9. The molecule has 1 aromatic rings. The van der Waals surface area contributed by atoms with Gasteiger partial charge >= 0.3 is 0 Å². The summed E-state index contributed by atoms with van der Waals surface area (Å²) in [5, 5.41) is 2.96. The molecule has 1 saturated carbocycles. The lowest BCUT2D eigenvalue weighted by Gasteiger charge is -2.13. The maximum Gasteiger partial charge on any atom is 0.224 e. The Morgan fingerprint density at radius 3 is 2.68 bits per heavy atom. The molecule has 0 unspecified atom stereocenters. The van der Waals surface area contributed by atoms with Gasteiger partial charge in [0.1, 0.15) is 4.60 Å². The van der Waals surface area contributed by atoms with E-state index in [1.165, 1.54) is 38.5 Å². The van der Waals surface area contributed by atoms with Crippen LogP contribution in [0, 0.1) is 12.8 Å². The average Bonchev–Trinajstić information content (AvgIpc) is 2.62. The number of amides is 1. The van der Waals surface area contributed by atoms with Crippen LogP contribution in [0.25, 0.3) is 0 Å². The highest BCUT2D eigenvalue weighted by molar-refractivity contribution is 9.10. The Morgan fingerprint density at radius 1 is 1.37 bits per heavy atom. The Morgan fingerprint density at radius 2 is 2.05 bits per heavy atom. The maximum atomic E-state index is 12.0. The molecule has 0 aromatic carbocycles. The molecule has 0 saturated heterocycles. The molecule has 0 spiro atoms. The van der Waals surface area contributed by atoms with Crippen LogP contribution in [0.3, 0.4) is 0 Å². The van der Waals surface area contributed by atoms with Crippen molar-refractivity contribution < 1.29 is 4.79 Å². The SMILES string of the molecule is Cc1cc(NC(=O)CC2CCCCCC2)cnc1Br. The van der Waals surface area contributed by atoms with Gasteiger partial charge in [0.2, 0.25) is 5.91 Å². The fourth-order valence-electron chi connectivity index (χ4n) is 2.67. The lowest BCUT2D eigenvalue weighted by molar-refractivity contribution is -0.117. The number of halogens is 1. The van der Waals surface area contributed by atoms with Crippen LogP contribution < -0.4 is 5.32 Å². The summed E-state index contributed by atoms with van der Waals surface area (Å²) in [7, 11) is 0. The Balaban J connectivity index is 1.87. The number of anilines is 1. The zero-order chi connectivity index (χ0) is 13.7. The van der Waals surface area contributed by atoms with Gasteiger partial charge in [0.25, 0.3) is 0 Å². The van der Waals surface area contributed by atoms with Gasteiger partial charge in [-0.1, -0.05) is 25.7 Å². The minimum absolute atomic E-state index is 0.121. The third-order valence-electron chi connectivity index (χ3n) is 3.75. The number of hydrogen-bond acceptors (Lipinski definition) is 2. The quantitative estimate of drug-likeness (QED) is 0.659. The van der Waals surface area contributed by atoms with E-state index in [9.17, 15) is 4.79 Å². The van der Waals surface area contributed by atoms with Crippen LogP contribution in [0.15, 0.2) is 16.9 Å². The monoisotopic (exact) mass is 324 g/mol. The number of aromatic nitrogens is 1. The Labute approximate surface area is 123 Å². The van der Waals surface area contributed by atoms with Crippen LogP contribution in [0.5, 0.6) is 0 Å². The molecule has 1 aliphatic carbocycles. The molecule has 104 valence electrons.